The van der Waals surface area contributed by atoms with Gasteiger partial charge >= 0.3 is 0 Å². The molecule has 2 aromatic carbocycles. The first-order chi connectivity index (χ1) is 16.6. The molecular weight excluding hydrogens is 432 g/mol. The summed E-state index contributed by atoms with van der Waals surface area (Å²) in [6.07, 6.45) is 5.95. The molecule has 1 aliphatic rings. The van der Waals surface area contributed by atoms with Crippen LogP contribution >= 0.6 is 0 Å². The molecule has 2 heterocycles. The number of hydrogen-bond donors (Lipinski definition) is 0. The minimum Gasteiger partial charge on any atom is -0.493 e. The summed E-state index contributed by atoms with van der Waals surface area (Å²) in [5.74, 6) is 2.19. The van der Waals surface area contributed by atoms with Crippen molar-refractivity contribution in [3.63, 3.8) is 0 Å². The third-order valence-corrected chi connectivity index (χ3v) is 6.77. The van der Waals surface area contributed by atoms with E-state index in [0.29, 0.717) is 35.4 Å². The summed E-state index contributed by atoms with van der Waals surface area (Å²) in [5.41, 5.74) is 0.931. The van der Waals surface area contributed by atoms with Crippen molar-refractivity contribution in [1.29, 1.82) is 0 Å². The van der Waals surface area contributed by atoms with Gasteiger partial charge in [0.2, 0.25) is 11.1 Å². The fourth-order valence-corrected chi connectivity index (χ4v) is 4.97. The van der Waals surface area contributed by atoms with Gasteiger partial charge in [0.25, 0.3) is 5.56 Å². The van der Waals surface area contributed by atoms with Crippen molar-refractivity contribution < 1.29 is 13.9 Å². The molecular formula is C27H28N2O5. The molecule has 0 bridgehead atoms. The predicted octanol–water partition coefficient (Wildman–Crippen LogP) is 4.81. The number of methoxy groups -OCH3 is 2. The Bertz CT molecular complexity index is 1460. The number of hydrogen-bond acceptors (Lipinski definition) is 6. The van der Waals surface area contributed by atoms with Crippen molar-refractivity contribution >= 4 is 22.1 Å². The van der Waals surface area contributed by atoms with E-state index in [1.165, 1.54) is 6.42 Å². The lowest BCUT2D eigenvalue weighted by atomic mass is 9.88. The average molecular weight is 461 g/mol. The molecule has 1 fully saturated rings. The van der Waals surface area contributed by atoms with Gasteiger partial charge in [0.05, 0.1) is 19.6 Å². The molecule has 0 radical (unpaired) electrons. The lowest BCUT2D eigenvalue weighted by molar-refractivity contribution is 0.354. The SMILES string of the molecule is COc1ccc(CCn2c(C3CCCCC3)nc3oc4ccccc4c(=O)c3c2=O)cc1OC. The van der Waals surface area contributed by atoms with Gasteiger partial charge in [0, 0.05) is 12.5 Å². The van der Waals surface area contributed by atoms with Gasteiger partial charge in [-0.2, -0.15) is 4.98 Å². The van der Waals surface area contributed by atoms with E-state index in [0.717, 1.165) is 37.1 Å². The Kier molecular flexibility index (Phi) is 6.09. The fraction of sp³-hybridized carbons (Fsp3) is 0.370. The van der Waals surface area contributed by atoms with Crippen LogP contribution in [0.15, 0.2) is 56.5 Å². The Labute approximate surface area is 196 Å². The first kappa shape index (κ1) is 22.2. The summed E-state index contributed by atoms with van der Waals surface area (Å²) in [6, 6.07) is 12.7. The third kappa shape index (κ3) is 3.95. The van der Waals surface area contributed by atoms with Crippen molar-refractivity contribution in [3.05, 3.63) is 74.4 Å². The van der Waals surface area contributed by atoms with Crippen LogP contribution in [-0.2, 0) is 13.0 Å². The minimum atomic E-state index is -0.329. The monoisotopic (exact) mass is 460 g/mol. The van der Waals surface area contributed by atoms with Gasteiger partial charge in [-0.15, -0.1) is 0 Å². The van der Waals surface area contributed by atoms with Crippen LogP contribution in [0, 0.1) is 0 Å². The lowest BCUT2D eigenvalue weighted by Crippen LogP contribution is -2.31. The maximum Gasteiger partial charge on any atom is 0.268 e. The Morgan fingerprint density at radius 3 is 2.53 bits per heavy atom. The van der Waals surface area contributed by atoms with E-state index in [4.69, 9.17) is 18.9 Å². The first-order valence-corrected chi connectivity index (χ1v) is 11.8. The largest absolute Gasteiger partial charge is 0.493 e. The van der Waals surface area contributed by atoms with Crippen LogP contribution in [0.1, 0.15) is 49.4 Å². The molecule has 5 rings (SSSR count). The van der Waals surface area contributed by atoms with Crippen LogP contribution in [0.3, 0.4) is 0 Å². The summed E-state index contributed by atoms with van der Waals surface area (Å²) in [7, 11) is 3.20. The summed E-state index contributed by atoms with van der Waals surface area (Å²) in [5, 5.41) is 0.413. The second-order valence-electron chi connectivity index (χ2n) is 8.81. The predicted molar refractivity (Wildman–Crippen MR) is 131 cm³/mol. The summed E-state index contributed by atoms with van der Waals surface area (Å²) in [4.78, 5) is 31.7. The highest BCUT2D eigenvalue weighted by atomic mass is 16.5. The molecule has 176 valence electrons. The Hall–Kier alpha value is -3.61. The molecule has 34 heavy (non-hydrogen) atoms. The standard InChI is InChI=1S/C27H28N2O5/c1-32-21-13-12-17(16-22(21)33-2)14-15-29-25(18-8-4-3-5-9-18)28-26-23(27(29)31)24(30)19-10-6-7-11-20(19)34-26/h6-7,10-13,16,18H,3-5,8-9,14-15H2,1-2H3. The van der Waals surface area contributed by atoms with Gasteiger partial charge in [-0.05, 0) is 49.1 Å². The number of benzene rings is 2. The van der Waals surface area contributed by atoms with Crippen molar-refractivity contribution in [2.75, 3.05) is 14.2 Å². The van der Waals surface area contributed by atoms with E-state index in [-0.39, 0.29) is 28.0 Å². The number of para-hydroxylation sites is 1. The second-order valence-corrected chi connectivity index (χ2v) is 8.81. The summed E-state index contributed by atoms with van der Waals surface area (Å²) < 4.78 is 18.4. The van der Waals surface area contributed by atoms with Crippen LogP contribution < -0.4 is 20.5 Å². The minimum absolute atomic E-state index is 0.0190. The quantitative estimate of drug-likeness (QED) is 0.384. The highest BCUT2D eigenvalue weighted by Gasteiger charge is 2.24. The van der Waals surface area contributed by atoms with Crippen molar-refractivity contribution in [1.82, 2.24) is 9.55 Å². The molecule has 0 saturated heterocycles. The second kappa shape index (κ2) is 9.33. The zero-order valence-electron chi connectivity index (χ0n) is 19.5. The van der Waals surface area contributed by atoms with E-state index in [1.54, 1.807) is 37.0 Å². The molecule has 0 N–H and O–H groups in total. The van der Waals surface area contributed by atoms with E-state index < -0.39 is 0 Å². The van der Waals surface area contributed by atoms with E-state index in [2.05, 4.69) is 0 Å². The van der Waals surface area contributed by atoms with Gasteiger partial charge in [-0.25, -0.2) is 0 Å². The highest BCUT2D eigenvalue weighted by molar-refractivity contribution is 5.87. The fourth-order valence-electron chi connectivity index (χ4n) is 4.97. The molecule has 0 amide bonds. The number of aryl methyl sites for hydroxylation is 1. The van der Waals surface area contributed by atoms with Crippen LogP contribution in [0.5, 0.6) is 11.5 Å². The molecule has 0 aliphatic heterocycles. The Morgan fingerprint density at radius 1 is 1.00 bits per heavy atom. The number of aromatic nitrogens is 2. The molecule has 1 aliphatic carbocycles. The van der Waals surface area contributed by atoms with Gasteiger partial charge in [0.15, 0.2) is 16.9 Å². The van der Waals surface area contributed by atoms with Crippen LogP contribution in [0.25, 0.3) is 22.1 Å². The third-order valence-electron chi connectivity index (χ3n) is 6.77. The molecule has 1 saturated carbocycles. The van der Waals surface area contributed by atoms with E-state index in [1.807, 2.05) is 24.3 Å². The van der Waals surface area contributed by atoms with Crippen LogP contribution in [0.4, 0.5) is 0 Å². The number of ether oxygens (including phenoxy) is 2. The molecule has 4 aromatic rings. The first-order valence-electron chi connectivity index (χ1n) is 11.8. The van der Waals surface area contributed by atoms with Gasteiger partial charge < -0.3 is 13.9 Å². The maximum absolute atomic E-state index is 13.7. The molecule has 0 atom stereocenters. The van der Waals surface area contributed by atoms with Crippen molar-refractivity contribution in [2.45, 2.75) is 51.0 Å². The van der Waals surface area contributed by atoms with Gasteiger partial charge in [-0.3, -0.25) is 14.2 Å². The van der Waals surface area contributed by atoms with Crippen LogP contribution in [-0.4, -0.2) is 23.8 Å². The van der Waals surface area contributed by atoms with Crippen LogP contribution in [0.2, 0.25) is 0 Å². The normalized spacial score (nSPS) is 14.5. The smallest absolute Gasteiger partial charge is 0.268 e. The number of nitrogens with zero attached hydrogens (tertiary/aromatic N) is 2. The molecule has 0 unspecified atom stereocenters. The Morgan fingerprint density at radius 2 is 1.76 bits per heavy atom. The summed E-state index contributed by atoms with van der Waals surface area (Å²) in [6.45, 7) is 0.412. The van der Waals surface area contributed by atoms with Gasteiger partial charge in [-0.1, -0.05) is 37.5 Å². The Balaban J connectivity index is 1.63. The number of fused-ring (bicyclic) bond motifs is 2. The molecule has 7 heteroatoms. The molecule has 7 nitrogen and oxygen atoms in total. The van der Waals surface area contributed by atoms with E-state index in [9.17, 15) is 9.59 Å². The maximum atomic E-state index is 13.7. The summed E-state index contributed by atoms with van der Waals surface area (Å²) >= 11 is 0. The highest BCUT2D eigenvalue weighted by Crippen LogP contribution is 2.32. The number of rotatable bonds is 6. The zero-order valence-corrected chi connectivity index (χ0v) is 19.5. The topological polar surface area (TPSA) is 83.6 Å². The van der Waals surface area contributed by atoms with Gasteiger partial charge in [0.1, 0.15) is 11.4 Å². The zero-order chi connectivity index (χ0) is 23.7. The lowest BCUT2D eigenvalue weighted by Gasteiger charge is -2.24. The molecule has 0 spiro atoms. The van der Waals surface area contributed by atoms with Crippen molar-refractivity contribution in [3.8, 4) is 11.5 Å². The average Bonchev–Trinajstić information content (AvgIpc) is 2.88. The van der Waals surface area contributed by atoms with Crippen molar-refractivity contribution in [2.24, 2.45) is 0 Å². The molecule has 2 aromatic heterocycles. The van der Waals surface area contributed by atoms with E-state index >= 15 is 0 Å².